The molecule has 0 saturated heterocycles. The lowest BCUT2D eigenvalue weighted by molar-refractivity contribution is 0.199. The maximum Gasteiger partial charge on any atom is 0.138 e. The van der Waals surface area contributed by atoms with Crippen LogP contribution >= 0.6 is 11.6 Å². The van der Waals surface area contributed by atoms with Crippen molar-refractivity contribution in [3.8, 4) is 11.1 Å². The Kier molecular flexibility index (Phi) is 3.71. The highest BCUT2D eigenvalue weighted by atomic mass is 35.5. The second kappa shape index (κ2) is 5.41. The zero-order valence-corrected chi connectivity index (χ0v) is 13.9. The van der Waals surface area contributed by atoms with E-state index >= 15 is 0 Å². The van der Waals surface area contributed by atoms with Gasteiger partial charge in [-0.1, -0.05) is 23.7 Å². The van der Waals surface area contributed by atoms with Gasteiger partial charge >= 0.3 is 0 Å². The van der Waals surface area contributed by atoms with Crippen molar-refractivity contribution in [3.63, 3.8) is 0 Å². The van der Waals surface area contributed by atoms with Gasteiger partial charge in [-0.15, -0.1) is 0 Å². The molecule has 3 rings (SSSR count). The van der Waals surface area contributed by atoms with Crippen molar-refractivity contribution >= 4 is 22.6 Å². The number of pyridine rings is 1. The maximum absolute atomic E-state index is 10.3. The van der Waals surface area contributed by atoms with Crippen molar-refractivity contribution in [2.75, 3.05) is 0 Å². The first-order valence-corrected chi connectivity index (χ1v) is 7.71. The van der Waals surface area contributed by atoms with E-state index in [-0.39, 0.29) is 0 Å². The van der Waals surface area contributed by atoms with Crippen LogP contribution < -0.4 is 0 Å². The molecule has 0 unspecified atom stereocenters. The number of aliphatic hydroxyl groups is 1. The molecule has 1 atom stereocenters. The van der Waals surface area contributed by atoms with Gasteiger partial charge in [0.25, 0.3) is 0 Å². The van der Waals surface area contributed by atoms with Gasteiger partial charge in [0.05, 0.1) is 6.10 Å². The molecular weight excluding hydrogens is 296 g/mol. The fourth-order valence-electron chi connectivity index (χ4n) is 3.06. The summed E-state index contributed by atoms with van der Waals surface area (Å²) in [7, 11) is 0. The van der Waals surface area contributed by atoms with E-state index < -0.39 is 6.10 Å². The molecule has 4 heteroatoms. The van der Waals surface area contributed by atoms with Crippen molar-refractivity contribution in [2.45, 2.75) is 33.8 Å². The van der Waals surface area contributed by atoms with E-state index in [1.54, 1.807) is 6.92 Å². The summed E-state index contributed by atoms with van der Waals surface area (Å²) >= 11 is 6.02. The Bertz CT molecular complexity index is 848. The molecular formula is C18H19ClN2O. The van der Waals surface area contributed by atoms with Gasteiger partial charge in [0, 0.05) is 32.9 Å². The summed E-state index contributed by atoms with van der Waals surface area (Å²) in [6.45, 7) is 7.84. The van der Waals surface area contributed by atoms with Crippen molar-refractivity contribution < 1.29 is 5.11 Å². The first kappa shape index (κ1) is 15.1. The predicted octanol–water partition coefficient (Wildman–Crippen LogP) is 4.86. The van der Waals surface area contributed by atoms with Crippen molar-refractivity contribution in [1.29, 1.82) is 0 Å². The van der Waals surface area contributed by atoms with Crippen LogP contribution in [-0.2, 0) is 0 Å². The molecule has 0 bridgehead atoms. The van der Waals surface area contributed by atoms with E-state index in [0.29, 0.717) is 5.02 Å². The van der Waals surface area contributed by atoms with Crippen molar-refractivity contribution in [3.05, 3.63) is 51.8 Å². The van der Waals surface area contributed by atoms with Gasteiger partial charge in [-0.3, -0.25) is 0 Å². The summed E-state index contributed by atoms with van der Waals surface area (Å²) in [4.78, 5) is 7.98. The molecule has 114 valence electrons. The Balaban J connectivity index is 2.47. The number of benzene rings is 1. The second-order valence-electron chi connectivity index (χ2n) is 5.77. The van der Waals surface area contributed by atoms with Crippen LogP contribution in [0, 0.1) is 20.8 Å². The molecule has 0 aliphatic rings. The van der Waals surface area contributed by atoms with Crippen molar-refractivity contribution in [2.24, 2.45) is 0 Å². The number of nitrogens with zero attached hydrogens (tertiary/aromatic N) is 1. The summed E-state index contributed by atoms with van der Waals surface area (Å²) in [5.41, 5.74) is 6.91. The number of aromatic amines is 1. The van der Waals surface area contributed by atoms with Crippen LogP contribution in [0.3, 0.4) is 0 Å². The minimum atomic E-state index is -0.586. The normalized spacial score (nSPS) is 12.8. The lowest BCUT2D eigenvalue weighted by atomic mass is 9.92. The number of aromatic nitrogens is 2. The Morgan fingerprint density at radius 3 is 2.36 bits per heavy atom. The van der Waals surface area contributed by atoms with E-state index in [4.69, 9.17) is 11.6 Å². The number of aliphatic hydroxyl groups excluding tert-OH is 1. The van der Waals surface area contributed by atoms with Crippen LogP contribution in [0.1, 0.15) is 35.5 Å². The fourth-order valence-corrected chi connectivity index (χ4v) is 3.19. The van der Waals surface area contributed by atoms with E-state index in [1.807, 2.05) is 38.1 Å². The average Bonchev–Trinajstić information content (AvgIpc) is 2.73. The minimum absolute atomic E-state index is 0.586. The quantitative estimate of drug-likeness (QED) is 0.709. The van der Waals surface area contributed by atoms with Crippen LogP contribution in [0.2, 0.25) is 5.02 Å². The zero-order chi connectivity index (χ0) is 16.0. The number of halogens is 1. The molecule has 0 aliphatic heterocycles. The molecule has 0 saturated carbocycles. The smallest absolute Gasteiger partial charge is 0.138 e. The molecule has 2 aromatic heterocycles. The lowest BCUT2D eigenvalue weighted by Gasteiger charge is -2.17. The van der Waals surface area contributed by atoms with E-state index in [9.17, 15) is 5.11 Å². The van der Waals surface area contributed by atoms with Gasteiger partial charge < -0.3 is 10.1 Å². The van der Waals surface area contributed by atoms with E-state index in [2.05, 4.69) is 16.9 Å². The molecule has 3 aromatic rings. The summed E-state index contributed by atoms with van der Waals surface area (Å²) in [5, 5.41) is 12.1. The molecule has 2 heterocycles. The molecule has 0 fully saturated rings. The fraction of sp³-hybridized carbons (Fsp3) is 0.278. The van der Waals surface area contributed by atoms with Gasteiger partial charge in [-0.25, -0.2) is 4.98 Å². The number of nitrogens with one attached hydrogen (secondary N) is 1. The Hall–Kier alpha value is -1.84. The highest BCUT2D eigenvalue weighted by Crippen LogP contribution is 2.38. The SMILES string of the molecule is Cc1nc2[nH]c(C)c(C)c2c(-c2ccc(Cl)cc2)c1[C@@H](C)O. The number of hydrogen-bond acceptors (Lipinski definition) is 2. The Labute approximate surface area is 135 Å². The third-order valence-electron chi connectivity index (χ3n) is 4.22. The number of aryl methyl sites for hydroxylation is 3. The summed E-state index contributed by atoms with van der Waals surface area (Å²) < 4.78 is 0. The molecule has 0 aliphatic carbocycles. The number of hydrogen-bond donors (Lipinski definition) is 2. The van der Waals surface area contributed by atoms with Gasteiger partial charge in [0.2, 0.25) is 0 Å². The highest BCUT2D eigenvalue weighted by Gasteiger charge is 2.21. The highest BCUT2D eigenvalue weighted by molar-refractivity contribution is 6.30. The zero-order valence-electron chi connectivity index (χ0n) is 13.2. The average molecular weight is 315 g/mol. The van der Waals surface area contributed by atoms with Crippen molar-refractivity contribution in [1.82, 2.24) is 9.97 Å². The van der Waals surface area contributed by atoms with Crippen LogP contribution in [-0.4, -0.2) is 15.1 Å². The number of rotatable bonds is 2. The largest absolute Gasteiger partial charge is 0.389 e. The van der Waals surface area contributed by atoms with Crippen LogP contribution in [0.15, 0.2) is 24.3 Å². The number of fused-ring (bicyclic) bond motifs is 1. The standard InChI is InChI=1S/C18H19ClN2O/c1-9-10(2)20-18-15(9)17(13-5-7-14(19)8-6-13)16(12(4)22)11(3)21-18/h5-8,12,22H,1-4H3,(H,20,21)/t12-/m1/s1. The molecule has 2 N–H and O–H groups in total. The van der Waals surface area contributed by atoms with Crippen LogP contribution in [0.5, 0.6) is 0 Å². The molecule has 0 radical (unpaired) electrons. The topological polar surface area (TPSA) is 48.9 Å². The molecule has 3 nitrogen and oxygen atoms in total. The summed E-state index contributed by atoms with van der Waals surface area (Å²) in [6.07, 6.45) is -0.586. The predicted molar refractivity (Wildman–Crippen MR) is 91.4 cm³/mol. The monoisotopic (exact) mass is 314 g/mol. The Morgan fingerprint density at radius 2 is 1.77 bits per heavy atom. The molecule has 0 spiro atoms. The number of H-pyrrole nitrogens is 1. The molecule has 22 heavy (non-hydrogen) atoms. The summed E-state index contributed by atoms with van der Waals surface area (Å²) in [5.74, 6) is 0. The first-order valence-electron chi connectivity index (χ1n) is 7.33. The van der Waals surface area contributed by atoms with Gasteiger partial charge in [0.1, 0.15) is 5.65 Å². The second-order valence-corrected chi connectivity index (χ2v) is 6.20. The third kappa shape index (κ3) is 2.31. The molecule has 0 amide bonds. The van der Waals surface area contributed by atoms with E-state index in [1.165, 1.54) is 0 Å². The first-order chi connectivity index (χ1) is 10.4. The van der Waals surface area contributed by atoms with Gasteiger partial charge in [0.15, 0.2) is 0 Å². The Morgan fingerprint density at radius 1 is 1.14 bits per heavy atom. The van der Waals surface area contributed by atoms with Gasteiger partial charge in [-0.2, -0.15) is 0 Å². The van der Waals surface area contributed by atoms with E-state index in [0.717, 1.165) is 44.7 Å². The summed E-state index contributed by atoms with van der Waals surface area (Å²) in [6, 6.07) is 7.73. The lowest BCUT2D eigenvalue weighted by Crippen LogP contribution is -2.02. The van der Waals surface area contributed by atoms with Gasteiger partial charge in [-0.05, 0) is 51.0 Å². The third-order valence-corrected chi connectivity index (χ3v) is 4.47. The maximum atomic E-state index is 10.3. The van der Waals surface area contributed by atoms with Crippen LogP contribution in [0.25, 0.3) is 22.2 Å². The minimum Gasteiger partial charge on any atom is -0.389 e. The van der Waals surface area contributed by atoms with Crippen LogP contribution in [0.4, 0.5) is 0 Å². The molecule has 1 aromatic carbocycles.